The van der Waals surface area contributed by atoms with Crippen LogP contribution in [0.4, 0.5) is 0 Å². The highest BCUT2D eigenvalue weighted by atomic mass is 16.4. The van der Waals surface area contributed by atoms with Crippen LogP contribution < -0.4 is 5.73 Å². The van der Waals surface area contributed by atoms with Crippen LogP contribution in [0.25, 0.3) is 0 Å². The van der Waals surface area contributed by atoms with Crippen molar-refractivity contribution >= 4 is 11.9 Å². The van der Waals surface area contributed by atoms with Gasteiger partial charge in [0.05, 0.1) is 0 Å². The molecule has 19 heavy (non-hydrogen) atoms. The molecule has 2 rings (SSSR count). The van der Waals surface area contributed by atoms with Crippen molar-refractivity contribution in [2.24, 2.45) is 11.7 Å². The number of rotatable bonds is 3. The molecule has 1 heterocycles. The molecule has 1 aliphatic rings. The number of carboxylic acids is 1. The Hall–Kier alpha value is -1.88. The van der Waals surface area contributed by atoms with E-state index in [4.69, 9.17) is 5.73 Å². The van der Waals surface area contributed by atoms with E-state index in [1.165, 1.54) is 4.90 Å². The van der Waals surface area contributed by atoms with Gasteiger partial charge in [-0.25, -0.2) is 4.79 Å². The molecule has 5 heteroatoms. The minimum Gasteiger partial charge on any atom is -0.479 e. The zero-order valence-electron chi connectivity index (χ0n) is 10.9. The highest BCUT2D eigenvalue weighted by Crippen LogP contribution is 2.30. The minimum atomic E-state index is -0.996. The van der Waals surface area contributed by atoms with E-state index >= 15 is 0 Å². The van der Waals surface area contributed by atoms with Crippen molar-refractivity contribution in [3.63, 3.8) is 0 Å². The van der Waals surface area contributed by atoms with Gasteiger partial charge in [-0.05, 0) is 17.5 Å². The van der Waals surface area contributed by atoms with Gasteiger partial charge in [0, 0.05) is 19.0 Å². The SMILES string of the molecule is CC(CN)C(=O)N1CCc2ccccc2C1C(=O)O. The Bertz CT molecular complexity index is 501. The number of hydrogen-bond acceptors (Lipinski definition) is 3. The maximum atomic E-state index is 12.2. The first-order valence-electron chi connectivity index (χ1n) is 6.37. The smallest absolute Gasteiger partial charge is 0.331 e. The summed E-state index contributed by atoms with van der Waals surface area (Å²) in [5, 5.41) is 9.43. The third-order valence-electron chi connectivity index (χ3n) is 3.58. The van der Waals surface area contributed by atoms with Gasteiger partial charge >= 0.3 is 5.97 Å². The first-order valence-corrected chi connectivity index (χ1v) is 6.37. The van der Waals surface area contributed by atoms with Gasteiger partial charge in [0.2, 0.25) is 5.91 Å². The van der Waals surface area contributed by atoms with Gasteiger partial charge in [-0.2, -0.15) is 0 Å². The van der Waals surface area contributed by atoms with E-state index in [0.29, 0.717) is 18.5 Å². The summed E-state index contributed by atoms with van der Waals surface area (Å²) in [5.41, 5.74) is 7.21. The number of amides is 1. The van der Waals surface area contributed by atoms with Crippen LogP contribution in [0, 0.1) is 5.92 Å². The monoisotopic (exact) mass is 262 g/mol. The summed E-state index contributed by atoms with van der Waals surface area (Å²) in [6.45, 7) is 2.38. The first-order chi connectivity index (χ1) is 9.06. The van der Waals surface area contributed by atoms with E-state index in [-0.39, 0.29) is 18.4 Å². The molecule has 0 saturated carbocycles. The second-order valence-electron chi connectivity index (χ2n) is 4.86. The number of aliphatic carboxylic acids is 1. The third kappa shape index (κ3) is 2.46. The average molecular weight is 262 g/mol. The Labute approximate surface area is 112 Å². The van der Waals surface area contributed by atoms with Crippen molar-refractivity contribution in [2.75, 3.05) is 13.1 Å². The van der Waals surface area contributed by atoms with Crippen molar-refractivity contribution < 1.29 is 14.7 Å². The Morgan fingerprint density at radius 2 is 2.16 bits per heavy atom. The van der Waals surface area contributed by atoms with Gasteiger partial charge in [-0.15, -0.1) is 0 Å². The molecule has 1 aliphatic heterocycles. The summed E-state index contributed by atoms with van der Waals surface area (Å²) in [5.74, 6) is -1.54. The summed E-state index contributed by atoms with van der Waals surface area (Å²) in [6.07, 6.45) is 0.684. The molecule has 102 valence electrons. The lowest BCUT2D eigenvalue weighted by atomic mass is 9.91. The van der Waals surface area contributed by atoms with E-state index in [9.17, 15) is 14.7 Å². The topological polar surface area (TPSA) is 83.6 Å². The molecule has 1 aromatic carbocycles. The standard InChI is InChI=1S/C14H18N2O3/c1-9(8-15)13(17)16-7-6-10-4-2-3-5-11(10)12(16)14(18)19/h2-5,9,12H,6-8,15H2,1H3,(H,18,19). The number of carbonyl (C=O) groups excluding carboxylic acids is 1. The van der Waals surface area contributed by atoms with Crippen molar-refractivity contribution in [1.82, 2.24) is 4.90 Å². The van der Waals surface area contributed by atoms with Crippen LogP contribution in [-0.2, 0) is 16.0 Å². The number of carbonyl (C=O) groups is 2. The molecule has 2 atom stereocenters. The molecule has 0 fully saturated rings. The minimum absolute atomic E-state index is 0.190. The van der Waals surface area contributed by atoms with Crippen LogP contribution in [0.5, 0.6) is 0 Å². The fraction of sp³-hybridized carbons (Fsp3) is 0.429. The maximum absolute atomic E-state index is 12.2. The zero-order valence-corrected chi connectivity index (χ0v) is 10.9. The van der Waals surface area contributed by atoms with E-state index in [0.717, 1.165) is 5.56 Å². The van der Waals surface area contributed by atoms with Crippen LogP contribution in [0.2, 0.25) is 0 Å². The van der Waals surface area contributed by atoms with Crippen LogP contribution in [0.15, 0.2) is 24.3 Å². The van der Waals surface area contributed by atoms with Crippen LogP contribution in [-0.4, -0.2) is 35.0 Å². The predicted octanol–water partition coefficient (Wildman–Crippen LogP) is 0.792. The third-order valence-corrected chi connectivity index (χ3v) is 3.58. The Balaban J connectivity index is 2.37. The lowest BCUT2D eigenvalue weighted by Gasteiger charge is -2.36. The van der Waals surface area contributed by atoms with Crippen molar-refractivity contribution in [3.05, 3.63) is 35.4 Å². The van der Waals surface area contributed by atoms with Crippen LogP contribution >= 0.6 is 0 Å². The molecule has 0 bridgehead atoms. The zero-order chi connectivity index (χ0) is 14.0. The molecule has 0 aliphatic carbocycles. The molecule has 1 amide bonds. The Morgan fingerprint density at radius 1 is 1.47 bits per heavy atom. The van der Waals surface area contributed by atoms with Crippen molar-refractivity contribution in [1.29, 1.82) is 0 Å². The molecular formula is C14H18N2O3. The number of fused-ring (bicyclic) bond motifs is 1. The Morgan fingerprint density at radius 3 is 2.79 bits per heavy atom. The molecule has 5 nitrogen and oxygen atoms in total. The maximum Gasteiger partial charge on any atom is 0.331 e. The van der Waals surface area contributed by atoms with Gasteiger partial charge < -0.3 is 15.7 Å². The number of carboxylic acid groups (broad SMARTS) is 1. The van der Waals surface area contributed by atoms with Gasteiger partial charge in [-0.1, -0.05) is 31.2 Å². The summed E-state index contributed by atoms with van der Waals surface area (Å²) in [4.78, 5) is 25.2. The molecule has 0 radical (unpaired) electrons. The lowest BCUT2D eigenvalue weighted by Crippen LogP contribution is -2.46. The second kappa shape index (κ2) is 5.40. The highest BCUT2D eigenvalue weighted by Gasteiger charge is 2.36. The van der Waals surface area contributed by atoms with E-state index in [1.54, 1.807) is 19.1 Å². The fourth-order valence-corrected chi connectivity index (χ4v) is 2.45. The van der Waals surface area contributed by atoms with Gasteiger partial charge in [0.25, 0.3) is 0 Å². The molecule has 0 aromatic heterocycles. The second-order valence-corrected chi connectivity index (χ2v) is 4.86. The summed E-state index contributed by atoms with van der Waals surface area (Å²) >= 11 is 0. The van der Waals surface area contributed by atoms with Crippen molar-refractivity contribution in [2.45, 2.75) is 19.4 Å². The number of benzene rings is 1. The van der Waals surface area contributed by atoms with Gasteiger partial charge in [-0.3, -0.25) is 4.79 Å². The predicted molar refractivity (Wildman–Crippen MR) is 70.5 cm³/mol. The molecular weight excluding hydrogens is 244 g/mol. The lowest BCUT2D eigenvalue weighted by molar-refractivity contribution is -0.152. The fourth-order valence-electron chi connectivity index (χ4n) is 2.45. The molecule has 0 spiro atoms. The van der Waals surface area contributed by atoms with Gasteiger partial charge in [0.1, 0.15) is 0 Å². The van der Waals surface area contributed by atoms with Crippen LogP contribution in [0.3, 0.4) is 0 Å². The summed E-state index contributed by atoms with van der Waals surface area (Å²) in [7, 11) is 0. The quantitative estimate of drug-likeness (QED) is 0.843. The number of nitrogens with two attached hydrogens (primary N) is 1. The molecule has 0 saturated heterocycles. The molecule has 2 unspecified atom stereocenters. The normalized spacial score (nSPS) is 19.7. The molecule has 1 aromatic rings. The largest absolute Gasteiger partial charge is 0.479 e. The Kier molecular flexibility index (Phi) is 3.85. The van der Waals surface area contributed by atoms with E-state index in [2.05, 4.69) is 0 Å². The number of nitrogens with zero attached hydrogens (tertiary/aromatic N) is 1. The van der Waals surface area contributed by atoms with Crippen molar-refractivity contribution in [3.8, 4) is 0 Å². The van der Waals surface area contributed by atoms with E-state index < -0.39 is 12.0 Å². The summed E-state index contributed by atoms with van der Waals surface area (Å²) in [6, 6.07) is 6.49. The summed E-state index contributed by atoms with van der Waals surface area (Å²) < 4.78 is 0. The molecule has 3 N–H and O–H groups in total. The van der Waals surface area contributed by atoms with Crippen LogP contribution in [0.1, 0.15) is 24.1 Å². The van der Waals surface area contributed by atoms with Gasteiger partial charge in [0.15, 0.2) is 6.04 Å². The average Bonchev–Trinajstić information content (AvgIpc) is 2.44. The highest BCUT2D eigenvalue weighted by molar-refractivity contribution is 5.86. The van der Waals surface area contributed by atoms with E-state index in [1.807, 2.05) is 12.1 Å². The number of hydrogen-bond donors (Lipinski definition) is 2. The first kappa shape index (κ1) is 13.5.